The summed E-state index contributed by atoms with van der Waals surface area (Å²) < 4.78 is 8.74. The summed E-state index contributed by atoms with van der Waals surface area (Å²) in [6, 6.07) is 0. The van der Waals surface area contributed by atoms with Gasteiger partial charge in [0.2, 0.25) is 0 Å². The number of hydrogen-bond donors (Lipinski definition) is 2. The first-order chi connectivity index (χ1) is 1.73. The summed E-state index contributed by atoms with van der Waals surface area (Å²) in [5.74, 6) is 0. The molecule has 0 radical (unpaired) electrons. The largest absolute Gasteiger partial charge is 1.00 e. The molecule has 0 aliphatic rings. The van der Waals surface area contributed by atoms with Gasteiger partial charge in [0.25, 0.3) is 0 Å². The van der Waals surface area contributed by atoms with E-state index in [-0.39, 0.29) is 45.3 Å². The molecule has 0 fully saturated rings. The van der Waals surface area contributed by atoms with Crippen molar-refractivity contribution in [3.05, 3.63) is 0 Å². The van der Waals surface area contributed by atoms with Crippen molar-refractivity contribution in [2.75, 3.05) is 0 Å². The first-order valence-electron chi connectivity index (χ1n) is 0.651. The molecule has 0 amide bonds. The van der Waals surface area contributed by atoms with E-state index in [0.717, 1.165) is 0 Å². The summed E-state index contributed by atoms with van der Waals surface area (Å²) in [6.45, 7) is 0. The SMILES string of the molecule is F.O=[Si](O)O.[H-].[H-].[Li+].[Li+]. The molecule has 0 aromatic carbocycles. The molecule has 0 unspecified atom stereocenters. The van der Waals surface area contributed by atoms with Crippen LogP contribution in [0.1, 0.15) is 2.85 Å². The van der Waals surface area contributed by atoms with Gasteiger partial charge in [-0.25, -0.2) is 0 Å². The van der Waals surface area contributed by atoms with Crippen molar-refractivity contribution >= 4 is 9.17 Å². The van der Waals surface area contributed by atoms with Crippen molar-refractivity contribution in [1.29, 1.82) is 0 Å². The van der Waals surface area contributed by atoms with Crippen LogP contribution in [0.5, 0.6) is 0 Å². The molecule has 0 heterocycles. The molecular weight excluding hydrogens is 109 g/mol. The first kappa shape index (κ1) is 25.1. The molecule has 0 saturated heterocycles. The zero-order chi connectivity index (χ0) is 3.58. The second-order valence-corrected chi connectivity index (χ2v) is 0.848. The van der Waals surface area contributed by atoms with Gasteiger partial charge in [-0.2, -0.15) is 0 Å². The van der Waals surface area contributed by atoms with Crippen LogP contribution in [0.15, 0.2) is 0 Å². The molecule has 7 heteroatoms. The Morgan fingerprint density at radius 1 is 1.29 bits per heavy atom. The number of hydrogen-bond acceptors (Lipinski definition) is 1. The van der Waals surface area contributed by atoms with Crippen LogP contribution in [0.2, 0.25) is 0 Å². The summed E-state index contributed by atoms with van der Waals surface area (Å²) in [4.78, 5) is 14.3. The van der Waals surface area contributed by atoms with Crippen LogP contribution < -0.4 is 37.7 Å². The zero-order valence-electron chi connectivity index (χ0n) is 6.21. The molecule has 3 nitrogen and oxygen atoms in total. The van der Waals surface area contributed by atoms with E-state index < -0.39 is 9.17 Å². The Morgan fingerprint density at radius 2 is 1.29 bits per heavy atom. The van der Waals surface area contributed by atoms with Crippen LogP contribution in [0.3, 0.4) is 0 Å². The minimum atomic E-state index is -3.13. The van der Waals surface area contributed by atoms with Gasteiger partial charge in [0.1, 0.15) is 0 Å². The molecular formula is H5FLi2O3Si. The van der Waals surface area contributed by atoms with Crippen LogP contribution in [0.25, 0.3) is 0 Å². The van der Waals surface area contributed by atoms with E-state index in [1.165, 1.54) is 0 Å². The van der Waals surface area contributed by atoms with Crippen molar-refractivity contribution in [3.8, 4) is 0 Å². The van der Waals surface area contributed by atoms with E-state index >= 15 is 0 Å². The molecule has 0 atom stereocenters. The smallest absolute Gasteiger partial charge is 1.00 e. The predicted octanol–water partition coefficient (Wildman–Crippen LogP) is -7.23. The minimum Gasteiger partial charge on any atom is -1.00 e. The molecule has 0 spiro atoms. The van der Waals surface area contributed by atoms with Crippen LogP contribution >= 0.6 is 0 Å². The third-order valence-corrected chi connectivity index (χ3v) is 0. The van der Waals surface area contributed by atoms with E-state index in [1.54, 1.807) is 0 Å². The molecule has 0 rings (SSSR count). The molecule has 0 aliphatic carbocycles. The predicted molar refractivity (Wildman–Crippen MR) is 15.6 cm³/mol. The topological polar surface area (TPSA) is 57.5 Å². The van der Waals surface area contributed by atoms with Crippen molar-refractivity contribution in [1.82, 2.24) is 0 Å². The van der Waals surface area contributed by atoms with Crippen molar-refractivity contribution in [2.24, 2.45) is 0 Å². The zero-order valence-corrected chi connectivity index (χ0v) is 5.21. The molecule has 0 aromatic rings. The van der Waals surface area contributed by atoms with Gasteiger partial charge in [0.05, 0.1) is 0 Å². The summed E-state index contributed by atoms with van der Waals surface area (Å²) in [5, 5.41) is 0. The normalized spacial score (nSPS) is 3.43. The third kappa shape index (κ3) is 276. The third-order valence-electron chi connectivity index (χ3n) is 0. The van der Waals surface area contributed by atoms with Gasteiger partial charge >= 0.3 is 46.9 Å². The Labute approximate surface area is 68.7 Å². The van der Waals surface area contributed by atoms with Crippen molar-refractivity contribution < 1.29 is 59.3 Å². The second kappa shape index (κ2) is 15.9. The Morgan fingerprint density at radius 3 is 1.29 bits per heavy atom. The molecule has 36 valence electrons. The van der Waals surface area contributed by atoms with E-state index in [0.29, 0.717) is 0 Å². The van der Waals surface area contributed by atoms with Crippen molar-refractivity contribution in [3.63, 3.8) is 0 Å². The van der Waals surface area contributed by atoms with Crippen LogP contribution in [-0.4, -0.2) is 18.8 Å². The maximum absolute atomic E-state index is 8.74. The molecule has 7 heavy (non-hydrogen) atoms. The van der Waals surface area contributed by atoms with Crippen LogP contribution in [0, 0.1) is 0 Å². The standard InChI is InChI=1S/FH.2Li.H2O3Si.2H/c;;;1-4(2)3;;/h1H;;;1-2H;;/q;2*+1;;2*-1. The second-order valence-electron chi connectivity index (χ2n) is 0.283. The van der Waals surface area contributed by atoms with Crippen LogP contribution in [0.4, 0.5) is 4.70 Å². The Balaban J connectivity index is -0.00000000450. The van der Waals surface area contributed by atoms with Gasteiger partial charge in [-0.05, 0) is 0 Å². The average molecular weight is 114 g/mol. The van der Waals surface area contributed by atoms with Gasteiger partial charge < -0.3 is 12.4 Å². The van der Waals surface area contributed by atoms with Crippen molar-refractivity contribution in [2.45, 2.75) is 0 Å². The van der Waals surface area contributed by atoms with Gasteiger partial charge in [0, 0.05) is 0 Å². The van der Waals surface area contributed by atoms with Gasteiger partial charge in [-0.1, -0.05) is 0 Å². The molecule has 0 bridgehead atoms. The van der Waals surface area contributed by atoms with Gasteiger partial charge in [0.15, 0.2) is 0 Å². The maximum Gasteiger partial charge on any atom is 1.00 e. The Bertz CT molecular complexity index is 42.8. The van der Waals surface area contributed by atoms with Gasteiger partial charge in [-0.3, -0.25) is 9.17 Å². The fourth-order valence-electron chi connectivity index (χ4n) is 0. The summed E-state index contributed by atoms with van der Waals surface area (Å²) in [5.41, 5.74) is 0. The number of halogens is 1. The summed E-state index contributed by atoms with van der Waals surface area (Å²) in [6.07, 6.45) is 0. The molecule has 2 N–H and O–H groups in total. The molecule has 0 aromatic heterocycles. The van der Waals surface area contributed by atoms with E-state index in [9.17, 15) is 0 Å². The molecule has 0 saturated carbocycles. The first-order valence-corrected chi connectivity index (χ1v) is 1.95. The Kier molecular flexibility index (Phi) is 57.0. The Hall–Kier alpha value is 0.742. The van der Waals surface area contributed by atoms with E-state index in [4.69, 9.17) is 14.1 Å². The number of rotatable bonds is 0. The average Bonchev–Trinajstić information content (AvgIpc) is 0.811. The van der Waals surface area contributed by atoms with E-state index in [2.05, 4.69) is 0 Å². The summed E-state index contributed by atoms with van der Waals surface area (Å²) >= 11 is 0. The van der Waals surface area contributed by atoms with Crippen LogP contribution in [-0.2, 0) is 4.46 Å². The van der Waals surface area contributed by atoms with Gasteiger partial charge in [-0.15, -0.1) is 0 Å². The maximum atomic E-state index is 8.74. The minimum absolute atomic E-state index is 0. The fraction of sp³-hybridized carbons (Fsp3) is 0. The van der Waals surface area contributed by atoms with E-state index in [1.807, 2.05) is 0 Å². The quantitative estimate of drug-likeness (QED) is 0.307. The molecule has 0 aliphatic heterocycles. The summed E-state index contributed by atoms with van der Waals surface area (Å²) in [7, 11) is -3.13. The monoisotopic (exact) mass is 114 g/mol. The fourth-order valence-corrected chi connectivity index (χ4v) is 0.